The first-order valence-corrected chi connectivity index (χ1v) is 11.3. The zero-order valence-electron chi connectivity index (χ0n) is 19.1. The highest BCUT2D eigenvalue weighted by Crippen LogP contribution is 2.35. The van der Waals surface area contributed by atoms with E-state index in [0.29, 0.717) is 5.69 Å². The van der Waals surface area contributed by atoms with Gasteiger partial charge in [0.05, 0.1) is 12.6 Å². The molecule has 0 saturated heterocycles. The molecule has 2 aromatic heterocycles. The summed E-state index contributed by atoms with van der Waals surface area (Å²) in [6.45, 7) is 2.05. The zero-order chi connectivity index (χ0) is 25.2. The Bertz CT molecular complexity index is 1400. The maximum atomic E-state index is 12.9. The molecule has 0 aliphatic carbocycles. The number of nitrogens with zero attached hydrogens (tertiary/aromatic N) is 5. The number of halogens is 3. The second-order valence-corrected chi connectivity index (χ2v) is 8.54. The number of fused-ring (bicyclic) bond motifs is 1. The molecular formula is C23H22F3N7OS. The Balaban J connectivity index is 1.57. The Labute approximate surface area is 203 Å². The summed E-state index contributed by atoms with van der Waals surface area (Å²) in [4.78, 5) is 13.7. The van der Waals surface area contributed by atoms with Gasteiger partial charge >= 0.3 is 6.18 Å². The fraction of sp³-hybridized carbons (Fsp3) is 0.217. The number of methoxy groups -OCH3 is 1. The van der Waals surface area contributed by atoms with Crippen LogP contribution < -0.4 is 15.8 Å². The van der Waals surface area contributed by atoms with Crippen LogP contribution in [0.5, 0.6) is 5.75 Å². The van der Waals surface area contributed by atoms with Crippen molar-refractivity contribution in [3.8, 4) is 5.75 Å². The molecule has 35 heavy (non-hydrogen) atoms. The van der Waals surface area contributed by atoms with E-state index in [1.54, 1.807) is 13.2 Å². The number of aliphatic imine (C=N–C) groups is 1. The number of ether oxygens (including phenoxy) is 1. The first-order chi connectivity index (χ1) is 16.7. The summed E-state index contributed by atoms with van der Waals surface area (Å²) < 4.78 is 45.1. The van der Waals surface area contributed by atoms with E-state index in [0.717, 1.165) is 49.3 Å². The van der Waals surface area contributed by atoms with Gasteiger partial charge in [-0.25, -0.2) is 9.97 Å². The predicted octanol–water partition coefficient (Wildman–Crippen LogP) is 5.16. The van der Waals surface area contributed by atoms with Gasteiger partial charge in [0.25, 0.3) is 0 Å². The highest BCUT2D eigenvalue weighted by atomic mass is 32.2. The van der Waals surface area contributed by atoms with Crippen molar-refractivity contribution >= 4 is 40.1 Å². The molecule has 2 heterocycles. The van der Waals surface area contributed by atoms with Crippen molar-refractivity contribution in [3.63, 3.8) is 0 Å². The quantitative estimate of drug-likeness (QED) is 0.214. The predicted molar refractivity (Wildman–Crippen MR) is 129 cm³/mol. The highest BCUT2D eigenvalue weighted by Gasteiger charge is 2.34. The first-order valence-electron chi connectivity index (χ1n) is 10.5. The number of alkyl halides is 3. The standard InChI is InChI=1S/C23H22F3N7OS/c1-4-13-8-16-17(10-18(13)34-3)28-12-29-21(16)35-15-7-5-6-14(9-15)30-22(27)31-20-11-19(23(24,25)26)32-33(20)2/h5-12H,4H2,1-3H3,(H3,27,30,31). The number of aromatic nitrogens is 4. The fourth-order valence-electron chi connectivity index (χ4n) is 3.40. The van der Waals surface area contributed by atoms with Crippen LogP contribution in [0.3, 0.4) is 0 Å². The van der Waals surface area contributed by atoms with Crippen molar-refractivity contribution in [2.45, 2.75) is 29.4 Å². The number of nitrogens with one attached hydrogen (secondary N) is 1. The fourth-order valence-corrected chi connectivity index (χ4v) is 4.33. The Hall–Kier alpha value is -3.80. The molecule has 2 aromatic carbocycles. The van der Waals surface area contributed by atoms with Gasteiger partial charge in [-0.2, -0.15) is 23.3 Å². The summed E-state index contributed by atoms with van der Waals surface area (Å²) in [7, 11) is 3.00. The van der Waals surface area contributed by atoms with Crippen molar-refractivity contribution in [3.05, 3.63) is 60.0 Å². The number of benzene rings is 2. The molecule has 12 heteroatoms. The normalized spacial score (nSPS) is 12.2. The first kappa shape index (κ1) is 24.3. The van der Waals surface area contributed by atoms with E-state index < -0.39 is 11.9 Å². The molecule has 0 aliphatic heterocycles. The lowest BCUT2D eigenvalue weighted by Gasteiger charge is -2.11. The van der Waals surface area contributed by atoms with Crippen LogP contribution >= 0.6 is 11.8 Å². The van der Waals surface area contributed by atoms with Crippen LogP contribution in [-0.2, 0) is 19.6 Å². The number of anilines is 1. The van der Waals surface area contributed by atoms with E-state index in [4.69, 9.17) is 10.5 Å². The Morgan fingerprint density at radius 3 is 2.69 bits per heavy atom. The Morgan fingerprint density at radius 1 is 1.20 bits per heavy atom. The molecule has 0 aliphatic rings. The third-order valence-corrected chi connectivity index (χ3v) is 6.09. The van der Waals surface area contributed by atoms with E-state index >= 15 is 0 Å². The minimum absolute atomic E-state index is 0.0255. The SMILES string of the molecule is CCc1cc2c(Sc3cccc(N/C(N)=N/c4cc(C(F)(F)F)nn4C)c3)ncnc2cc1OC. The van der Waals surface area contributed by atoms with Crippen molar-refractivity contribution in [2.24, 2.45) is 17.8 Å². The number of hydrogen-bond donors (Lipinski definition) is 2. The van der Waals surface area contributed by atoms with Crippen molar-refractivity contribution in [2.75, 3.05) is 12.4 Å². The summed E-state index contributed by atoms with van der Waals surface area (Å²) in [5.41, 5.74) is 7.35. The van der Waals surface area contributed by atoms with E-state index in [-0.39, 0.29) is 11.8 Å². The minimum Gasteiger partial charge on any atom is -0.496 e. The Kier molecular flexibility index (Phi) is 6.83. The molecule has 4 rings (SSSR count). The molecule has 0 bridgehead atoms. The number of nitrogens with two attached hydrogens (primary N) is 1. The average molecular weight is 502 g/mol. The maximum absolute atomic E-state index is 12.9. The van der Waals surface area contributed by atoms with Gasteiger partial charge in [0.15, 0.2) is 17.5 Å². The van der Waals surface area contributed by atoms with Gasteiger partial charge in [-0.1, -0.05) is 24.8 Å². The number of hydrogen-bond acceptors (Lipinski definition) is 6. The molecule has 3 N–H and O–H groups in total. The van der Waals surface area contributed by atoms with Crippen LogP contribution in [0.4, 0.5) is 24.7 Å². The molecule has 0 atom stereocenters. The van der Waals surface area contributed by atoms with Gasteiger partial charge in [-0.05, 0) is 36.2 Å². The molecule has 0 unspecified atom stereocenters. The topological polar surface area (TPSA) is 103 Å². The summed E-state index contributed by atoms with van der Waals surface area (Å²) in [5.74, 6) is 0.685. The smallest absolute Gasteiger partial charge is 0.435 e. The van der Waals surface area contributed by atoms with Gasteiger partial charge in [0.1, 0.15) is 17.1 Å². The van der Waals surface area contributed by atoms with Crippen LogP contribution in [0.2, 0.25) is 0 Å². The van der Waals surface area contributed by atoms with Crippen LogP contribution in [0, 0.1) is 0 Å². The summed E-state index contributed by atoms with van der Waals surface area (Å²) in [6, 6.07) is 12.1. The van der Waals surface area contributed by atoms with E-state index in [1.807, 2.05) is 30.3 Å². The van der Waals surface area contributed by atoms with E-state index in [9.17, 15) is 13.2 Å². The summed E-state index contributed by atoms with van der Waals surface area (Å²) >= 11 is 1.45. The van der Waals surface area contributed by atoms with Crippen LogP contribution in [0.1, 0.15) is 18.2 Å². The number of aryl methyl sites for hydroxylation is 2. The molecule has 0 fully saturated rings. The second kappa shape index (κ2) is 9.82. The van der Waals surface area contributed by atoms with E-state index in [2.05, 4.69) is 32.3 Å². The largest absolute Gasteiger partial charge is 0.496 e. The summed E-state index contributed by atoms with van der Waals surface area (Å²) in [6.07, 6.45) is -2.25. The highest BCUT2D eigenvalue weighted by molar-refractivity contribution is 7.99. The average Bonchev–Trinajstić information content (AvgIpc) is 3.19. The zero-order valence-corrected chi connectivity index (χ0v) is 19.9. The van der Waals surface area contributed by atoms with Crippen molar-refractivity contribution in [1.29, 1.82) is 0 Å². The summed E-state index contributed by atoms with van der Waals surface area (Å²) in [5, 5.41) is 8.02. The van der Waals surface area contributed by atoms with Crippen molar-refractivity contribution < 1.29 is 17.9 Å². The Morgan fingerprint density at radius 2 is 2.00 bits per heavy atom. The van der Waals surface area contributed by atoms with Crippen molar-refractivity contribution in [1.82, 2.24) is 19.7 Å². The monoisotopic (exact) mass is 501 g/mol. The van der Waals surface area contributed by atoms with E-state index in [1.165, 1.54) is 25.1 Å². The van der Waals surface area contributed by atoms with Crippen LogP contribution in [0.25, 0.3) is 10.9 Å². The lowest BCUT2D eigenvalue weighted by atomic mass is 10.1. The molecule has 0 radical (unpaired) electrons. The van der Waals surface area contributed by atoms with Gasteiger partial charge in [-0.15, -0.1) is 0 Å². The molecule has 182 valence electrons. The minimum atomic E-state index is -4.56. The molecule has 4 aromatic rings. The molecule has 8 nitrogen and oxygen atoms in total. The van der Waals surface area contributed by atoms with Crippen LogP contribution in [-0.4, -0.2) is 32.8 Å². The van der Waals surface area contributed by atoms with Gasteiger partial charge in [-0.3, -0.25) is 4.68 Å². The molecule has 0 amide bonds. The second-order valence-electron chi connectivity index (χ2n) is 7.47. The molecule has 0 spiro atoms. The van der Waals surface area contributed by atoms with Crippen LogP contribution in [0.15, 0.2) is 63.7 Å². The third kappa shape index (κ3) is 5.48. The lowest BCUT2D eigenvalue weighted by Crippen LogP contribution is -2.22. The molecule has 0 saturated carbocycles. The van der Waals surface area contributed by atoms with Gasteiger partial charge in [0.2, 0.25) is 0 Å². The van der Waals surface area contributed by atoms with Gasteiger partial charge in [0, 0.05) is 35.1 Å². The maximum Gasteiger partial charge on any atom is 0.435 e. The number of guanidine groups is 1. The third-order valence-electron chi connectivity index (χ3n) is 5.08. The van der Waals surface area contributed by atoms with Gasteiger partial charge < -0.3 is 15.8 Å². The molecular weight excluding hydrogens is 479 g/mol. The number of rotatable bonds is 6. The lowest BCUT2D eigenvalue weighted by molar-refractivity contribution is -0.141.